The lowest BCUT2D eigenvalue weighted by molar-refractivity contribution is 0.396. The molecule has 3 nitrogen and oxygen atoms in total. The Bertz CT molecular complexity index is 545. The number of hydrogen-bond acceptors (Lipinski definition) is 3. The minimum atomic E-state index is 0.349. The van der Waals surface area contributed by atoms with Gasteiger partial charge in [-0.25, -0.2) is 4.98 Å². The Balaban J connectivity index is 1.95. The summed E-state index contributed by atoms with van der Waals surface area (Å²) in [5.41, 5.74) is 1.10. The summed E-state index contributed by atoms with van der Waals surface area (Å²) in [5, 5.41) is 5.09. The van der Waals surface area contributed by atoms with Crippen LogP contribution in [0.25, 0.3) is 10.2 Å². The predicted octanol–water partition coefficient (Wildman–Crippen LogP) is 2.94. The first-order valence-corrected chi connectivity index (χ1v) is 7.36. The fourth-order valence-electron chi connectivity index (χ4n) is 2.44. The lowest BCUT2D eigenvalue weighted by Crippen LogP contribution is -2.37. The van der Waals surface area contributed by atoms with Gasteiger partial charge < -0.3 is 10.2 Å². The van der Waals surface area contributed by atoms with Gasteiger partial charge in [-0.15, -0.1) is 11.3 Å². The molecular formula is C13H15N3S2. The van der Waals surface area contributed by atoms with E-state index in [2.05, 4.69) is 28.4 Å². The molecular weight excluding hydrogens is 262 g/mol. The number of likely N-dealkylation sites (tertiary alicyclic amines) is 1. The first-order valence-electron chi connectivity index (χ1n) is 6.13. The van der Waals surface area contributed by atoms with E-state index in [0.29, 0.717) is 6.04 Å². The maximum Gasteiger partial charge on any atom is 0.169 e. The van der Waals surface area contributed by atoms with Crippen molar-refractivity contribution in [3.63, 3.8) is 0 Å². The third-order valence-corrected chi connectivity index (χ3v) is 4.90. The van der Waals surface area contributed by atoms with Gasteiger partial charge in [0.15, 0.2) is 5.11 Å². The molecule has 1 aliphatic rings. The standard InChI is InChI=1S/C13H15N3S2/c1-14-13(17)16-8-4-6-10(16)12-15-9-5-2-3-7-11(9)18-12/h2-3,5,7,10H,4,6,8H2,1H3,(H,14,17)/t10-/m0/s1. The molecule has 94 valence electrons. The highest BCUT2D eigenvalue weighted by atomic mass is 32.1. The van der Waals surface area contributed by atoms with E-state index in [4.69, 9.17) is 17.2 Å². The molecule has 3 rings (SSSR count). The zero-order chi connectivity index (χ0) is 12.5. The quantitative estimate of drug-likeness (QED) is 0.811. The highest BCUT2D eigenvalue weighted by Crippen LogP contribution is 2.36. The molecule has 1 saturated heterocycles. The molecule has 1 N–H and O–H groups in total. The van der Waals surface area contributed by atoms with Crippen LogP contribution in [0, 0.1) is 0 Å². The Labute approximate surface area is 116 Å². The van der Waals surface area contributed by atoms with E-state index in [0.717, 1.165) is 23.6 Å². The van der Waals surface area contributed by atoms with Crippen molar-refractivity contribution in [1.29, 1.82) is 0 Å². The van der Waals surface area contributed by atoms with Crippen LogP contribution >= 0.6 is 23.6 Å². The lowest BCUT2D eigenvalue weighted by atomic mass is 10.2. The third-order valence-electron chi connectivity index (χ3n) is 3.32. The third kappa shape index (κ3) is 1.97. The van der Waals surface area contributed by atoms with Crippen molar-refractivity contribution in [2.45, 2.75) is 18.9 Å². The van der Waals surface area contributed by atoms with Crippen LogP contribution in [0.15, 0.2) is 24.3 Å². The maximum absolute atomic E-state index is 5.36. The van der Waals surface area contributed by atoms with Gasteiger partial charge in [0, 0.05) is 13.6 Å². The molecule has 1 atom stereocenters. The zero-order valence-electron chi connectivity index (χ0n) is 10.2. The van der Waals surface area contributed by atoms with Gasteiger partial charge in [-0.05, 0) is 37.2 Å². The largest absolute Gasteiger partial charge is 0.366 e. The van der Waals surface area contributed by atoms with Gasteiger partial charge in [-0.3, -0.25) is 0 Å². The van der Waals surface area contributed by atoms with Gasteiger partial charge in [0.1, 0.15) is 5.01 Å². The number of hydrogen-bond donors (Lipinski definition) is 1. The number of fused-ring (bicyclic) bond motifs is 1. The second-order valence-corrected chi connectivity index (χ2v) is 5.88. The summed E-state index contributed by atoms with van der Waals surface area (Å²) < 4.78 is 1.26. The van der Waals surface area contributed by atoms with Gasteiger partial charge in [-0.1, -0.05) is 12.1 Å². The van der Waals surface area contributed by atoms with E-state index >= 15 is 0 Å². The molecule has 1 aliphatic heterocycles. The van der Waals surface area contributed by atoms with Crippen molar-refractivity contribution in [2.75, 3.05) is 13.6 Å². The van der Waals surface area contributed by atoms with Crippen molar-refractivity contribution in [3.8, 4) is 0 Å². The Morgan fingerprint density at radius 3 is 3.11 bits per heavy atom. The molecule has 18 heavy (non-hydrogen) atoms. The average molecular weight is 277 g/mol. The fourth-order valence-corrected chi connectivity index (χ4v) is 3.78. The summed E-state index contributed by atoms with van der Waals surface area (Å²) in [5.74, 6) is 0. The van der Waals surface area contributed by atoms with Gasteiger partial charge in [0.2, 0.25) is 0 Å². The Hall–Kier alpha value is -1.20. The van der Waals surface area contributed by atoms with Crippen LogP contribution in [-0.2, 0) is 0 Å². The molecule has 0 amide bonds. The smallest absolute Gasteiger partial charge is 0.169 e. The van der Waals surface area contributed by atoms with Crippen LogP contribution in [0.4, 0.5) is 0 Å². The highest BCUT2D eigenvalue weighted by Gasteiger charge is 2.29. The van der Waals surface area contributed by atoms with Crippen LogP contribution in [0.5, 0.6) is 0 Å². The van der Waals surface area contributed by atoms with Crippen LogP contribution in [-0.4, -0.2) is 28.6 Å². The number of benzene rings is 1. The van der Waals surface area contributed by atoms with Gasteiger partial charge in [0.25, 0.3) is 0 Å². The average Bonchev–Trinajstić information content (AvgIpc) is 3.03. The van der Waals surface area contributed by atoms with E-state index < -0.39 is 0 Å². The Morgan fingerprint density at radius 2 is 2.33 bits per heavy atom. The molecule has 2 aromatic rings. The summed E-state index contributed by atoms with van der Waals surface area (Å²) in [6.45, 7) is 1.03. The van der Waals surface area contributed by atoms with E-state index in [1.807, 2.05) is 13.1 Å². The SMILES string of the molecule is CNC(=S)N1CCC[C@H]1c1nc2ccccc2s1. The molecule has 1 aromatic carbocycles. The fraction of sp³-hybridized carbons (Fsp3) is 0.385. The minimum Gasteiger partial charge on any atom is -0.366 e. The number of nitrogens with one attached hydrogen (secondary N) is 1. The van der Waals surface area contributed by atoms with Crippen molar-refractivity contribution >= 4 is 38.9 Å². The number of thiazole rings is 1. The molecule has 1 fully saturated rings. The molecule has 5 heteroatoms. The predicted molar refractivity (Wildman–Crippen MR) is 80.0 cm³/mol. The van der Waals surface area contributed by atoms with Crippen LogP contribution in [0.2, 0.25) is 0 Å². The monoisotopic (exact) mass is 277 g/mol. The second kappa shape index (κ2) is 4.82. The molecule has 0 saturated carbocycles. The van der Waals surface area contributed by atoms with Gasteiger partial charge >= 0.3 is 0 Å². The maximum atomic E-state index is 5.36. The van der Waals surface area contributed by atoms with Crippen LogP contribution in [0.1, 0.15) is 23.9 Å². The van der Waals surface area contributed by atoms with E-state index in [1.165, 1.54) is 16.1 Å². The summed E-state index contributed by atoms with van der Waals surface area (Å²) in [4.78, 5) is 7.01. The lowest BCUT2D eigenvalue weighted by Gasteiger charge is -2.25. The number of thiocarbonyl (C=S) groups is 1. The minimum absolute atomic E-state index is 0.349. The summed E-state index contributed by atoms with van der Waals surface area (Å²) in [7, 11) is 1.88. The van der Waals surface area contributed by atoms with Crippen molar-refractivity contribution in [3.05, 3.63) is 29.3 Å². The van der Waals surface area contributed by atoms with Gasteiger partial charge in [-0.2, -0.15) is 0 Å². The van der Waals surface area contributed by atoms with Crippen LogP contribution < -0.4 is 5.32 Å². The molecule has 0 radical (unpaired) electrons. The molecule has 0 aliphatic carbocycles. The number of aromatic nitrogens is 1. The summed E-state index contributed by atoms with van der Waals surface area (Å²) in [6.07, 6.45) is 2.32. The molecule has 1 aromatic heterocycles. The first-order chi connectivity index (χ1) is 8.79. The molecule has 0 bridgehead atoms. The van der Waals surface area contributed by atoms with E-state index in [1.54, 1.807) is 11.3 Å². The van der Waals surface area contributed by atoms with Gasteiger partial charge in [0.05, 0.1) is 16.3 Å². The number of nitrogens with zero attached hydrogens (tertiary/aromatic N) is 2. The van der Waals surface area contributed by atoms with Crippen molar-refractivity contribution in [1.82, 2.24) is 15.2 Å². The molecule has 2 heterocycles. The Morgan fingerprint density at radius 1 is 1.50 bits per heavy atom. The van der Waals surface area contributed by atoms with Crippen molar-refractivity contribution < 1.29 is 0 Å². The van der Waals surface area contributed by atoms with E-state index in [9.17, 15) is 0 Å². The second-order valence-electron chi connectivity index (χ2n) is 4.43. The Kier molecular flexibility index (Phi) is 3.18. The first kappa shape index (κ1) is 11.9. The van der Waals surface area contributed by atoms with E-state index in [-0.39, 0.29) is 0 Å². The number of para-hydroxylation sites is 1. The topological polar surface area (TPSA) is 28.2 Å². The van der Waals surface area contributed by atoms with Crippen molar-refractivity contribution in [2.24, 2.45) is 0 Å². The normalized spacial score (nSPS) is 19.4. The highest BCUT2D eigenvalue weighted by molar-refractivity contribution is 7.80. The summed E-state index contributed by atoms with van der Waals surface area (Å²) in [6, 6.07) is 8.66. The molecule has 0 spiro atoms. The number of rotatable bonds is 1. The summed E-state index contributed by atoms with van der Waals surface area (Å²) >= 11 is 7.15. The van der Waals surface area contributed by atoms with Crippen LogP contribution in [0.3, 0.4) is 0 Å². The zero-order valence-corrected chi connectivity index (χ0v) is 11.9. The molecule has 0 unspecified atom stereocenters.